The van der Waals surface area contributed by atoms with Crippen LogP contribution in [0.2, 0.25) is 0 Å². The first kappa shape index (κ1) is 12.3. The summed E-state index contributed by atoms with van der Waals surface area (Å²) in [4.78, 5) is 15.6. The molecule has 0 fully saturated rings. The van der Waals surface area contributed by atoms with Gasteiger partial charge in [0.15, 0.2) is 11.3 Å². The van der Waals surface area contributed by atoms with Gasteiger partial charge in [-0.15, -0.1) is 0 Å². The van der Waals surface area contributed by atoms with E-state index in [1.165, 1.54) is 4.68 Å². The molecule has 0 radical (unpaired) electrons. The first-order chi connectivity index (χ1) is 9.49. The van der Waals surface area contributed by atoms with Crippen molar-refractivity contribution in [3.8, 4) is 11.1 Å². The Morgan fingerprint density at radius 2 is 2.00 bits per heavy atom. The van der Waals surface area contributed by atoms with Crippen molar-refractivity contribution in [2.45, 2.75) is 6.92 Å². The predicted octanol–water partition coefficient (Wildman–Crippen LogP) is 1.38. The molecular weight excluding hydrogens is 258 g/mol. The maximum absolute atomic E-state index is 11.4. The lowest BCUT2D eigenvalue weighted by molar-refractivity contribution is 0.0691. The lowest BCUT2D eigenvalue weighted by Crippen LogP contribution is -1.99. The average Bonchev–Trinajstić information content (AvgIpc) is 2.90. The summed E-state index contributed by atoms with van der Waals surface area (Å²) in [6.45, 7) is 1.89. The third-order valence-electron chi connectivity index (χ3n) is 3.23. The van der Waals surface area contributed by atoms with Gasteiger partial charge >= 0.3 is 5.97 Å². The number of pyridine rings is 1. The molecule has 7 nitrogen and oxygen atoms in total. The van der Waals surface area contributed by atoms with Crippen molar-refractivity contribution in [3.05, 3.63) is 29.8 Å². The Kier molecular flexibility index (Phi) is 2.56. The maximum atomic E-state index is 11.4. The van der Waals surface area contributed by atoms with Crippen LogP contribution >= 0.6 is 0 Å². The molecule has 7 heteroatoms. The van der Waals surface area contributed by atoms with Gasteiger partial charge in [0.2, 0.25) is 0 Å². The summed E-state index contributed by atoms with van der Waals surface area (Å²) >= 11 is 0. The second-order valence-electron chi connectivity index (χ2n) is 4.64. The van der Waals surface area contributed by atoms with Crippen LogP contribution < -0.4 is 0 Å². The van der Waals surface area contributed by atoms with Gasteiger partial charge in [0, 0.05) is 37.6 Å². The molecule has 0 amide bonds. The van der Waals surface area contributed by atoms with E-state index in [1.54, 1.807) is 24.0 Å². The molecule has 0 aliphatic heterocycles. The maximum Gasteiger partial charge on any atom is 0.357 e. The number of rotatable bonds is 2. The zero-order valence-corrected chi connectivity index (χ0v) is 11.3. The lowest BCUT2D eigenvalue weighted by atomic mass is 10.0. The Morgan fingerprint density at radius 1 is 1.25 bits per heavy atom. The summed E-state index contributed by atoms with van der Waals surface area (Å²) in [7, 11) is 3.51. The number of hydrogen-bond donors (Lipinski definition) is 1. The number of hydrogen-bond acceptors (Lipinski definition) is 4. The van der Waals surface area contributed by atoms with Gasteiger partial charge in [0.25, 0.3) is 0 Å². The van der Waals surface area contributed by atoms with E-state index in [0.717, 1.165) is 16.8 Å². The standard InChI is InChI=1S/C13H13N5O2/c1-7-9(6-17(2)15-7)8-4-5-14-12-10(8)11(13(19)20)16-18(12)3/h4-6H,1-3H3,(H,19,20). The topological polar surface area (TPSA) is 85.8 Å². The number of aromatic carboxylic acids is 1. The highest BCUT2D eigenvalue weighted by Gasteiger charge is 2.21. The van der Waals surface area contributed by atoms with Crippen LogP contribution in [0.3, 0.4) is 0 Å². The van der Waals surface area contributed by atoms with Crippen molar-refractivity contribution in [2.75, 3.05) is 0 Å². The van der Waals surface area contributed by atoms with Gasteiger partial charge in [0.05, 0.1) is 11.1 Å². The normalized spacial score (nSPS) is 11.2. The van der Waals surface area contributed by atoms with E-state index in [0.29, 0.717) is 11.0 Å². The molecule has 0 bridgehead atoms. The van der Waals surface area contributed by atoms with E-state index in [4.69, 9.17) is 0 Å². The number of nitrogens with zero attached hydrogens (tertiary/aromatic N) is 5. The number of aryl methyl sites for hydroxylation is 3. The first-order valence-corrected chi connectivity index (χ1v) is 6.04. The minimum Gasteiger partial charge on any atom is -0.476 e. The lowest BCUT2D eigenvalue weighted by Gasteiger charge is -2.02. The van der Waals surface area contributed by atoms with Crippen LogP contribution in [0.15, 0.2) is 18.5 Å². The zero-order chi connectivity index (χ0) is 14.4. The van der Waals surface area contributed by atoms with Gasteiger partial charge in [-0.05, 0) is 13.0 Å². The minimum absolute atomic E-state index is 0.00820. The van der Waals surface area contributed by atoms with E-state index in [9.17, 15) is 9.90 Å². The summed E-state index contributed by atoms with van der Waals surface area (Å²) in [6.07, 6.45) is 3.51. The fourth-order valence-corrected chi connectivity index (χ4v) is 2.42. The molecule has 0 aromatic carbocycles. The summed E-state index contributed by atoms with van der Waals surface area (Å²) in [6, 6.07) is 1.79. The predicted molar refractivity (Wildman–Crippen MR) is 72.4 cm³/mol. The van der Waals surface area contributed by atoms with Crippen LogP contribution in [0, 0.1) is 6.92 Å². The molecule has 3 aromatic heterocycles. The minimum atomic E-state index is -1.06. The van der Waals surface area contributed by atoms with Crippen molar-refractivity contribution in [2.24, 2.45) is 14.1 Å². The van der Waals surface area contributed by atoms with Gasteiger partial charge in [-0.1, -0.05) is 0 Å². The molecule has 0 atom stereocenters. The van der Waals surface area contributed by atoms with Crippen LogP contribution in [0.5, 0.6) is 0 Å². The van der Waals surface area contributed by atoms with Crippen molar-refractivity contribution < 1.29 is 9.90 Å². The van der Waals surface area contributed by atoms with Gasteiger partial charge in [-0.2, -0.15) is 10.2 Å². The third kappa shape index (κ3) is 1.67. The molecule has 0 spiro atoms. The van der Waals surface area contributed by atoms with Crippen LogP contribution in [0.1, 0.15) is 16.2 Å². The number of carbonyl (C=O) groups is 1. The Bertz CT molecular complexity index is 831. The van der Waals surface area contributed by atoms with Gasteiger partial charge in [0.1, 0.15) is 0 Å². The second kappa shape index (κ2) is 4.16. The number of carboxylic acids is 1. The zero-order valence-electron chi connectivity index (χ0n) is 11.3. The molecule has 3 aromatic rings. The van der Waals surface area contributed by atoms with E-state index in [-0.39, 0.29) is 5.69 Å². The van der Waals surface area contributed by atoms with Crippen LogP contribution in [-0.4, -0.2) is 35.6 Å². The first-order valence-electron chi connectivity index (χ1n) is 6.04. The molecule has 0 aliphatic rings. The molecule has 0 unspecified atom stereocenters. The van der Waals surface area contributed by atoms with Gasteiger partial charge < -0.3 is 5.11 Å². The Labute approximate surface area is 114 Å². The molecule has 0 aliphatic carbocycles. The SMILES string of the molecule is Cc1nn(C)cc1-c1ccnc2c1c(C(=O)O)nn2C. The van der Waals surface area contributed by atoms with Crippen LogP contribution in [0.4, 0.5) is 0 Å². The molecule has 102 valence electrons. The van der Waals surface area contributed by atoms with E-state index < -0.39 is 5.97 Å². The second-order valence-corrected chi connectivity index (χ2v) is 4.64. The summed E-state index contributed by atoms with van der Waals surface area (Å²) in [5.74, 6) is -1.06. The number of fused-ring (bicyclic) bond motifs is 1. The monoisotopic (exact) mass is 271 g/mol. The van der Waals surface area contributed by atoms with E-state index in [1.807, 2.05) is 20.2 Å². The highest BCUT2D eigenvalue weighted by atomic mass is 16.4. The van der Waals surface area contributed by atoms with E-state index >= 15 is 0 Å². The van der Waals surface area contributed by atoms with Crippen LogP contribution in [0.25, 0.3) is 22.2 Å². The van der Waals surface area contributed by atoms with Crippen molar-refractivity contribution >= 4 is 17.0 Å². The largest absolute Gasteiger partial charge is 0.476 e. The molecular formula is C13H13N5O2. The summed E-state index contributed by atoms with van der Waals surface area (Å²) < 4.78 is 3.18. The van der Waals surface area contributed by atoms with E-state index in [2.05, 4.69) is 15.2 Å². The number of carboxylic acid groups (broad SMARTS) is 1. The van der Waals surface area contributed by atoms with Gasteiger partial charge in [-0.3, -0.25) is 4.68 Å². The molecule has 0 saturated carbocycles. The quantitative estimate of drug-likeness (QED) is 0.761. The van der Waals surface area contributed by atoms with Crippen molar-refractivity contribution in [1.29, 1.82) is 0 Å². The fraction of sp³-hybridized carbons (Fsp3) is 0.231. The molecule has 20 heavy (non-hydrogen) atoms. The Morgan fingerprint density at radius 3 is 2.60 bits per heavy atom. The van der Waals surface area contributed by atoms with Crippen LogP contribution in [-0.2, 0) is 14.1 Å². The highest BCUT2D eigenvalue weighted by molar-refractivity contribution is 6.07. The molecule has 1 N–H and O–H groups in total. The average molecular weight is 271 g/mol. The fourth-order valence-electron chi connectivity index (χ4n) is 2.42. The summed E-state index contributed by atoms with van der Waals surface area (Å²) in [5, 5.41) is 18.2. The Hall–Kier alpha value is -2.70. The van der Waals surface area contributed by atoms with Crippen molar-refractivity contribution in [3.63, 3.8) is 0 Å². The Balaban J connectivity index is 2.42. The third-order valence-corrected chi connectivity index (χ3v) is 3.23. The molecule has 3 rings (SSSR count). The number of aromatic nitrogens is 5. The summed E-state index contributed by atoms with van der Waals surface area (Å²) in [5.41, 5.74) is 3.05. The van der Waals surface area contributed by atoms with Crippen molar-refractivity contribution in [1.82, 2.24) is 24.5 Å². The van der Waals surface area contributed by atoms with Gasteiger partial charge in [-0.25, -0.2) is 14.5 Å². The molecule has 0 saturated heterocycles. The molecule has 3 heterocycles. The highest BCUT2D eigenvalue weighted by Crippen LogP contribution is 2.31. The smallest absolute Gasteiger partial charge is 0.357 e.